The number of aromatic nitrogens is 2. The standard InChI is InChI=1S/C17H19BrN4O3S/c18-14-5-1-2-6-15(14)26(23,24)22-7-3-4-13-12-19-17(20-16(13)22)21-8-10-25-11-9-21/h1-2,5-6,12H,3-4,7-11H2. The largest absolute Gasteiger partial charge is 0.378 e. The highest BCUT2D eigenvalue weighted by Gasteiger charge is 2.32. The Balaban J connectivity index is 1.75. The number of halogens is 1. The Morgan fingerprint density at radius 2 is 1.88 bits per heavy atom. The van der Waals surface area contributed by atoms with Crippen molar-refractivity contribution >= 4 is 37.7 Å². The van der Waals surface area contributed by atoms with E-state index in [0.717, 1.165) is 18.4 Å². The van der Waals surface area contributed by atoms with E-state index in [0.29, 0.717) is 49.1 Å². The fraction of sp³-hybridized carbons (Fsp3) is 0.412. The first-order valence-corrected chi connectivity index (χ1v) is 10.8. The summed E-state index contributed by atoms with van der Waals surface area (Å²) in [5, 5.41) is 0. The third-order valence-electron chi connectivity index (χ3n) is 4.57. The minimum atomic E-state index is -3.70. The second kappa shape index (κ2) is 7.13. The molecule has 26 heavy (non-hydrogen) atoms. The zero-order chi connectivity index (χ0) is 18.1. The number of ether oxygens (including phenoxy) is 1. The predicted octanol–water partition coefficient (Wildman–Crippen LogP) is 2.22. The van der Waals surface area contributed by atoms with Gasteiger partial charge in [-0.05, 0) is 40.9 Å². The van der Waals surface area contributed by atoms with Gasteiger partial charge >= 0.3 is 0 Å². The van der Waals surface area contributed by atoms with Gasteiger partial charge in [0, 0.05) is 35.9 Å². The maximum absolute atomic E-state index is 13.3. The van der Waals surface area contributed by atoms with Gasteiger partial charge in [-0.2, -0.15) is 4.98 Å². The quantitative estimate of drug-likeness (QED) is 0.730. The van der Waals surface area contributed by atoms with Crippen molar-refractivity contribution in [3.8, 4) is 0 Å². The molecule has 138 valence electrons. The fourth-order valence-electron chi connectivity index (χ4n) is 3.22. The lowest BCUT2D eigenvalue weighted by atomic mass is 10.1. The molecule has 9 heteroatoms. The van der Waals surface area contributed by atoms with Crippen LogP contribution in [0, 0.1) is 0 Å². The molecule has 1 saturated heterocycles. The van der Waals surface area contributed by atoms with Gasteiger partial charge in [0.15, 0.2) is 5.82 Å². The number of hydrogen-bond acceptors (Lipinski definition) is 6. The maximum atomic E-state index is 13.3. The summed E-state index contributed by atoms with van der Waals surface area (Å²) in [5.74, 6) is 1.05. The molecule has 0 atom stereocenters. The van der Waals surface area contributed by atoms with Gasteiger partial charge in [0.2, 0.25) is 5.95 Å². The first kappa shape index (κ1) is 17.7. The molecule has 3 heterocycles. The molecule has 7 nitrogen and oxygen atoms in total. The van der Waals surface area contributed by atoms with Crippen LogP contribution in [0.1, 0.15) is 12.0 Å². The Morgan fingerprint density at radius 3 is 2.65 bits per heavy atom. The highest BCUT2D eigenvalue weighted by molar-refractivity contribution is 9.10. The van der Waals surface area contributed by atoms with Crippen molar-refractivity contribution in [2.75, 3.05) is 42.1 Å². The molecule has 4 rings (SSSR count). The molecule has 1 fully saturated rings. The lowest BCUT2D eigenvalue weighted by molar-refractivity contribution is 0.122. The van der Waals surface area contributed by atoms with Gasteiger partial charge in [-0.1, -0.05) is 12.1 Å². The highest BCUT2D eigenvalue weighted by Crippen LogP contribution is 2.33. The van der Waals surface area contributed by atoms with Gasteiger partial charge < -0.3 is 9.64 Å². The van der Waals surface area contributed by atoms with Crippen molar-refractivity contribution in [1.82, 2.24) is 9.97 Å². The summed E-state index contributed by atoms with van der Waals surface area (Å²) in [7, 11) is -3.70. The average Bonchev–Trinajstić information content (AvgIpc) is 2.68. The SMILES string of the molecule is O=S(=O)(c1ccccc1Br)N1CCCc2cnc(N3CCOCC3)nc21. The minimum absolute atomic E-state index is 0.249. The Morgan fingerprint density at radius 1 is 1.12 bits per heavy atom. The summed E-state index contributed by atoms with van der Waals surface area (Å²) in [6, 6.07) is 6.86. The molecule has 0 aliphatic carbocycles. The van der Waals surface area contributed by atoms with Crippen LogP contribution in [-0.2, 0) is 21.2 Å². The number of morpholine rings is 1. The number of fused-ring (bicyclic) bond motifs is 1. The molecule has 1 aromatic carbocycles. The number of anilines is 2. The van der Waals surface area contributed by atoms with E-state index in [1.54, 1.807) is 30.5 Å². The number of sulfonamides is 1. The van der Waals surface area contributed by atoms with Crippen molar-refractivity contribution in [1.29, 1.82) is 0 Å². The zero-order valence-electron chi connectivity index (χ0n) is 14.1. The lowest BCUT2D eigenvalue weighted by Crippen LogP contribution is -2.39. The van der Waals surface area contributed by atoms with Crippen LogP contribution >= 0.6 is 15.9 Å². The number of benzene rings is 1. The predicted molar refractivity (Wildman–Crippen MR) is 102 cm³/mol. The van der Waals surface area contributed by atoms with Crippen LogP contribution < -0.4 is 9.21 Å². The van der Waals surface area contributed by atoms with E-state index in [1.807, 2.05) is 4.90 Å². The topological polar surface area (TPSA) is 75.6 Å². The third-order valence-corrected chi connectivity index (χ3v) is 7.37. The van der Waals surface area contributed by atoms with Crippen LogP contribution in [0.4, 0.5) is 11.8 Å². The molecule has 0 N–H and O–H groups in total. The molecular weight excluding hydrogens is 420 g/mol. The second-order valence-electron chi connectivity index (χ2n) is 6.23. The molecular formula is C17H19BrN4O3S. The molecule has 1 aromatic heterocycles. The van der Waals surface area contributed by atoms with E-state index < -0.39 is 10.0 Å². The average molecular weight is 439 g/mol. The van der Waals surface area contributed by atoms with E-state index in [9.17, 15) is 8.42 Å². The van der Waals surface area contributed by atoms with Crippen LogP contribution in [0.25, 0.3) is 0 Å². The van der Waals surface area contributed by atoms with Crippen molar-refractivity contribution in [2.45, 2.75) is 17.7 Å². The third kappa shape index (κ3) is 3.19. The van der Waals surface area contributed by atoms with Gasteiger partial charge in [0.25, 0.3) is 10.0 Å². The summed E-state index contributed by atoms with van der Waals surface area (Å²) in [5.41, 5.74) is 0.865. The maximum Gasteiger partial charge on any atom is 0.266 e. The summed E-state index contributed by atoms with van der Waals surface area (Å²) in [6.45, 7) is 3.07. The van der Waals surface area contributed by atoms with E-state index in [1.165, 1.54) is 4.31 Å². The number of nitrogens with zero attached hydrogens (tertiary/aromatic N) is 4. The molecule has 0 spiro atoms. The van der Waals surface area contributed by atoms with Crippen LogP contribution in [0.2, 0.25) is 0 Å². The van der Waals surface area contributed by atoms with E-state index in [2.05, 4.69) is 25.9 Å². The fourth-order valence-corrected chi connectivity index (χ4v) is 5.68. The van der Waals surface area contributed by atoms with E-state index in [4.69, 9.17) is 4.74 Å². The van der Waals surface area contributed by atoms with Gasteiger partial charge in [-0.3, -0.25) is 0 Å². The molecule has 0 radical (unpaired) electrons. The van der Waals surface area contributed by atoms with Crippen molar-refractivity contribution in [3.05, 3.63) is 40.5 Å². The summed E-state index contributed by atoms with van der Waals surface area (Å²) in [4.78, 5) is 11.4. The van der Waals surface area contributed by atoms with E-state index in [-0.39, 0.29) is 4.90 Å². The second-order valence-corrected chi connectivity index (χ2v) is 8.91. The van der Waals surface area contributed by atoms with Gasteiger partial charge in [-0.25, -0.2) is 17.7 Å². The Kier molecular flexibility index (Phi) is 4.85. The zero-order valence-corrected chi connectivity index (χ0v) is 16.5. The Hall–Kier alpha value is -1.71. The summed E-state index contributed by atoms with van der Waals surface area (Å²) < 4.78 is 33.9. The first-order chi connectivity index (χ1) is 12.6. The minimum Gasteiger partial charge on any atom is -0.378 e. The van der Waals surface area contributed by atoms with Crippen LogP contribution in [-0.4, -0.2) is 51.2 Å². The van der Waals surface area contributed by atoms with Gasteiger partial charge in [0.1, 0.15) is 4.90 Å². The smallest absolute Gasteiger partial charge is 0.266 e. The van der Waals surface area contributed by atoms with Crippen molar-refractivity contribution < 1.29 is 13.2 Å². The normalized spacial score (nSPS) is 17.9. The Bertz CT molecular complexity index is 916. The lowest BCUT2D eigenvalue weighted by Gasteiger charge is -2.32. The van der Waals surface area contributed by atoms with Gasteiger partial charge in [-0.15, -0.1) is 0 Å². The highest BCUT2D eigenvalue weighted by atomic mass is 79.9. The number of rotatable bonds is 3. The number of hydrogen-bond donors (Lipinski definition) is 0. The molecule has 0 unspecified atom stereocenters. The van der Waals surface area contributed by atoms with Crippen LogP contribution in [0.5, 0.6) is 0 Å². The molecule has 2 aliphatic rings. The molecule has 0 bridgehead atoms. The van der Waals surface area contributed by atoms with E-state index >= 15 is 0 Å². The number of aryl methyl sites for hydroxylation is 1. The molecule has 0 amide bonds. The molecule has 2 aromatic rings. The molecule has 0 saturated carbocycles. The Labute approximate surface area is 161 Å². The summed E-state index contributed by atoms with van der Waals surface area (Å²) >= 11 is 3.36. The molecule has 2 aliphatic heterocycles. The van der Waals surface area contributed by atoms with Crippen LogP contribution in [0.3, 0.4) is 0 Å². The monoisotopic (exact) mass is 438 g/mol. The van der Waals surface area contributed by atoms with Crippen molar-refractivity contribution in [2.24, 2.45) is 0 Å². The van der Waals surface area contributed by atoms with Crippen molar-refractivity contribution in [3.63, 3.8) is 0 Å². The summed E-state index contributed by atoms with van der Waals surface area (Å²) in [6.07, 6.45) is 3.28. The van der Waals surface area contributed by atoms with Gasteiger partial charge in [0.05, 0.1) is 13.2 Å². The first-order valence-electron chi connectivity index (χ1n) is 8.53. The van der Waals surface area contributed by atoms with Crippen LogP contribution in [0.15, 0.2) is 39.8 Å².